The van der Waals surface area contributed by atoms with E-state index in [-0.39, 0.29) is 6.04 Å². The zero-order chi connectivity index (χ0) is 11.4. The Balaban J connectivity index is 2.05. The first-order valence-corrected chi connectivity index (χ1v) is 5.72. The van der Waals surface area contributed by atoms with Crippen LogP contribution in [-0.2, 0) is 0 Å². The van der Waals surface area contributed by atoms with Crippen LogP contribution in [0.15, 0.2) is 24.3 Å². The summed E-state index contributed by atoms with van der Waals surface area (Å²) in [4.78, 5) is 0. The second-order valence-corrected chi connectivity index (χ2v) is 4.17. The first-order chi connectivity index (χ1) is 7.81. The molecule has 0 saturated heterocycles. The van der Waals surface area contributed by atoms with Crippen molar-refractivity contribution in [3.63, 3.8) is 0 Å². The lowest BCUT2D eigenvalue weighted by molar-refractivity contribution is 0.264. The summed E-state index contributed by atoms with van der Waals surface area (Å²) in [6.45, 7) is 3.73. The van der Waals surface area contributed by atoms with Crippen molar-refractivity contribution in [2.45, 2.75) is 25.3 Å². The topological polar surface area (TPSA) is 21.3 Å². The van der Waals surface area contributed by atoms with Crippen LogP contribution >= 0.6 is 0 Å². The van der Waals surface area contributed by atoms with Gasteiger partial charge >= 0.3 is 0 Å². The third-order valence-electron chi connectivity index (χ3n) is 3.00. The van der Waals surface area contributed by atoms with Crippen LogP contribution in [0.2, 0.25) is 0 Å². The number of hydrogen-bond acceptors (Lipinski definition) is 2. The summed E-state index contributed by atoms with van der Waals surface area (Å²) in [5, 5.41) is 3.35. The van der Waals surface area contributed by atoms with Crippen LogP contribution in [0.4, 0.5) is 0 Å². The van der Waals surface area contributed by atoms with Crippen molar-refractivity contribution < 1.29 is 4.74 Å². The van der Waals surface area contributed by atoms with Crippen LogP contribution in [0.25, 0.3) is 0 Å². The molecule has 0 radical (unpaired) electrons. The molecule has 2 heteroatoms. The number of nitrogens with one attached hydrogen (secondary N) is 1. The molecule has 2 atom stereocenters. The van der Waals surface area contributed by atoms with Crippen molar-refractivity contribution in [3.05, 3.63) is 29.8 Å². The van der Waals surface area contributed by atoms with Gasteiger partial charge in [-0.15, -0.1) is 6.42 Å². The zero-order valence-corrected chi connectivity index (χ0v) is 9.57. The van der Waals surface area contributed by atoms with Gasteiger partial charge in [-0.2, -0.15) is 0 Å². The molecule has 1 aliphatic heterocycles. The van der Waals surface area contributed by atoms with Crippen molar-refractivity contribution in [3.8, 4) is 18.1 Å². The fraction of sp³-hybridized carbons (Fsp3) is 0.429. The molecule has 1 aromatic rings. The molecule has 0 amide bonds. The van der Waals surface area contributed by atoms with Crippen molar-refractivity contribution in [1.82, 2.24) is 5.32 Å². The Bertz CT molecular complexity index is 394. The Hall–Kier alpha value is -1.46. The van der Waals surface area contributed by atoms with Crippen molar-refractivity contribution >= 4 is 0 Å². The Morgan fingerprint density at radius 1 is 1.56 bits per heavy atom. The van der Waals surface area contributed by atoms with E-state index in [1.54, 1.807) is 0 Å². The fourth-order valence-electron chi connectivity index (χ4n) is 2.01. The van der Waals surface area contributed by atoms with Crippen LogP contribution in [0.5, 0.6) is 5.75 Å². The van der Waals surface area contributed by atoms with E-state index in [2.05, 4.69) is 23.4 Å². The van der Waals surface area contributed by atoms with E-state index in [4.69, 9.17) is 11.2 Å². The highest BCUT2D eigenvalue weighted by molar-refractivity contribution is 5.37. The van der Waals surface area contributed by atoms with E-state index < -0.39 is 0 Å². The van der Waals surface area contributed by atoms with Gasteiger partial charge < -0.3 is 10.1 Å². The minimum Gasteiger partial charge on any atom is -0.493 e. The molecule has 1 heterocycles. The summed E-state index contributed by atoms with van der Waals surface area (Å²) in [5.74, 6) is 4.22. The molecule has 1 aromatic carbocycles. The lowest BCUT2D eigenvalue weighted by atomic mass is 9.93. The van der Waals surface area contributed by atoms with Crippen LogP contribution in [0.1, 0.15) is 24.8 Å². The number of para-hydroxylation sites is 1. The second kappa shape index (κ2) is 5.05. The number of rotatable bonds is 3. The molecular weight excluding hydrogens is 198 g/mol. The van der Waals surface area contributed by atoms with Gasteiger partial charge in [0.25, 0.3) is 0 Å². The standard InChI is InChI=1S/C14H17NO/c1-3-11(2)15-10-12-8-9-16-14-7-5-4-6-13(12)14/h1,4-7,11-12,15H,8-10H2,2H3. The van der Waals surface area contributed by atoms with Crippen molar-refractivity contribution in [1.29, 1.82) is 0 Å². The van der Waals surface area contributed by atoms with Crippen LogP contribution in [0, 0.1) is 12.3 Å². The summed E-state index contributed by atoms with van der Waals surface area (Å²) in [7, 11) is 0. The van der Waals surface area contributed by atoms with E-state index in [9.17, 15) is 0 Å². The van der Waals surface area contributed by atoms with Crippen LogP contribution in [0.3, 0.4) is 0 Å². The van der Waals surface area contributed by atoms with Gasteiger partial charge in [-0.1, -0.05) is 24.1 Å². The maximum atomic E-state index is 5.62. The maximum Gasteiger partial charge on any atom is 0.122 e. The molecule has 0 aliphatic carbocycles. The van der Waals surface area contributed by atoms with Crippen LogP contribution in [-0.4, -0.2) is 19.2 Å². The molecular formula is C14H17NO. The molecule has 84 valence electrons. The highest BCUT2D eigenvalue weighted by Gasteiger charge is 2.20. The van der Waals surface area contributed by atoms with E-state index in [0.29, 0.717) is 5.92 Å². The summed E-state index contributed by atoms with van der Waals surface area (Å²) in [6.07, 6.45) is 6.40. The summed E-state index contributed by atoms with van der Waals surface area (Å²) < 4.78 is 5.62. The number of hydrogen-bond donors (Lipinski definition) is 1. The molecule has 2 rings (SSSR count). The second-order valence-electron chi connectivity index (χ2n) is 4.17. The fourth-order valence-corrected chi connectivity index (χ4v) is 2.01. The number of terminal acetylenes is 1. The van der Waals surface area contributed by atoms with Crippen LogP contribution < -0.4 is 10.1 Å². The molecule has 0 fully saturated rings. The monoisotopic (exact) mass is 215 g/mol. The zero-order valence-electron chi connectivity index (χ0n) is 9.57. The molecule has 0 spiro atoms. The van der Waals surface area contributed by atoms with Gasteiger partial charge in [0.2, 0.25) is 0 Å². The average Bonchev–Trinajstić information content (AvgIpc) is 2.35. The van der Waals surface area contributed by atoms with Gasteiger partial charge in [-0.3, -0.25) is 0 Å². The Labute approximate surface area is 97.0 Å². The molecule has 1 N–H and O–H groups in total. The molecule has 1 aliphatic rings. The first kappa shape index (κ1) is 11.0. The molecule has 2 unspecified atom stereocenters. The van der Waals surface area contributed by atoms with E-state index in [1.807, 2.05) is 19.1 Å². The third-order valence-corrected chi connectivity index (χ3v) is 3.00. The largest absolute Gasteiger partial charge is 0.493 e. The molecule has 0 bridgehead atoms. The molecule has 0 aromatic heterocycles. The number of ether oxygens (including phenoxy) is 1. The Kier molecular flexibility index (Phi) is 3.48. The summed E-state index contributed by atoms with van der Waals surface area (Å²) in [5.41, 5.74) is 1.30. The minimum absolute atomic E-state index is 0.134. The van der Waals surface area contributed by atoms with Gasteiger partial charge in [-0.05, 0) is 25.0 Å². The lowest BCUT2D eigenvalue weighted by Gasteiger charge is -2.26. The predicted octanol–water partition coefficient (Wildman–Crippen LogP) is 2.16. The molecule has 0 saturated carbocycles. The number of benzene rings is 1. The van der Waals surface area contributed by atoms with Gasteiger partial charge in [0.1, 0.15) is 5.75 Å². The number of fused-ring (bicyclic) bond motifs is 1. The first-order valence-electron chi connectivity index (χ1n) is 5.72. The lowest BCUT2D eigenvalue weighted by Crippen LogP contribution is -2.31. The van der Waals surface area contributed by atoms with E-state index in [1.165, 1.54) is 5.56 Å². The van der Waals surface area contributed by atoms with Gasteiger partial charge in [0.05, 0.1) is 12.6 Å². The highest BCUT2D eigenvalue weighted by atomic mass is 16.5. The van der Waals surface area contributed by atoms with Gasteiger partial charge in [-0.25, -0.2) is 0 Å². The van der Waals surface area contributed by atoms with Gasteiger partial charge in [0.15, 0.2) is 0 Å². The summed E-state index contributed by atoms with van der Waals surface area (Å²) in [6, 6.07) is 8.38. The third kappa shape index (κ3) is 2.37. The van der Waals surface area contributed by atoms with Crippen molar-refractivity contribution in [2.24, 2.45) is 0 Å². The van der Waals surface area contributed by atoms with Crippen molar-refractivity contribution in [2.75, 3.05) is 13.2 Å². The maximum absolute atomic E-state index is 5.62. The Morgan fingerprint density at radius 2 is 2.38 bits per heavy atom. The molecule has 16 heavy (non-hydrogen) atoms. The Morgan fingerprint density at radius 3 is 3.19 bits per heavy atom. The van der Waals surface area contributed by atoms with E-state index in [0.717, 1.165) is 25.3 Å². The predicted molar refractivity (Wildman–Crippen MR) is 65.6 cm³/mol. The SMILES string of the molecule is C#CC(C)NCC1CCOc2ccccc21. The highest BCUT2D eigenvalue weighted by Crippen LogP contribution is 2.32. The average molecular weight is 215 g/mol. The smallest absolute Gasteiger partial charge is 0.122 e. The van der Waals surface area contributed by atoms with Gasteiger partial charge in [0, 0.05) is 12.5 Å². The minimum atomic E-state index is 0.134. The summed E-state index contributed by atoms with van der Waals surface area (Å²) >= 11 is 0. The normalized spacial score (nSPS) is 20.4. The van der Waals surface area contributed by atoms with E-state index >= 15 is 0 Å². The molecule has 2 nitrogen and oxygen atoms in total. The quantitative estimate of drug-likeness (QED) is 0.780.